The molecule has 0 fully saturated rings. The first-order chi connectivity index (χ1) is 12.2. The summed E-state index contributed by atoms with van der Waals surface area (Å²) in [5, 5.41) is 16.9. The van der Waals surface area contributed by atoms with Gasteiger partial charge in [-0.3, -0.25) is 4.79 Å². The number of rotatable bonds is 6. The molecule has 25 heavy (non-hydrogen) atoms. The minimum Gasteiger partial charge on any atom is -0.396 e. The fraction of sp³-hybridized carbons (Fsp3) is 0.158. The zero-order chi connectivity index (χ0) is 17.6. The molecule has 0 saturated heterocycles. The molecule has 0 saturated carbocycles. The largest absolute Gasteiger partial charge is 0.396 e. The van der Waals surface area contributed by atoms with Gasteiger partial charge in [-0.05, 0) is 36.8 Å². The van der Waals surface area contributed by atoms with Crippen LogP contribution in [0.15, 0.2) is 60.7 Å². The van der Waals surface area contributed by atoms with Crippen molar-refractivity contribution in [3.8, 4) is 16.9 Å². The molecule has 5 nitrogen and oxygen atoms in total. The van der Waals surface area contributed by atoms with Crippen LogP contribution < -0.4 is 5.32 Å². The molecule has 0 aliphatic heterocycles. The molecule has 128 valence electrons. The van der Waals surface area contributed by atoms with E-state index in [-0.39, 0.29) is 12.5 Å². The highest BCUT2D eigenvalue weighted by Gasteiger charge is 2.17. The zero-order valence-electron chi connectivity index (χ0n) is 13.5. The number of carbonyl (C=O) groups is 1. The number of para-hydroxylation sites is 1. The lowest BCUT2D eigenvalue weighted by atomic mass is 10.1. The van der Waals surface area contributed by atoms with Crippen LogP contribution in [0.25, 0.3) is 16.9 Å². The summed E-state index contributed by atoms with van der Waals surface area (Å²) in [6.45, 7) is 0.444. The summed E-state index contributed by atoms with van der Waals surface area (Å²) < 4.78 is 1.62. The van der Waals surface area contributed by atoms with Crippen molar-refractivity contribution in [2.45, 2.75) is 6.42 Å². The Morgan fingerprint density at radius 3 is 2.52 bits per heavy atom. The van der Waals surface area contributed by atoms with Crippen molar-refractivity contribution in [1.29, 1.82) is 0 Å². The molecule has 0 aliphatic carbocycles. The molecule has 0 atom stereocenters. The molecule has 2 N–H and O–H groups in total. The van der Waals surface area contributed by atoms with Gasteiger partial charge in [0.15, 0.2) is 0 Å². The Kier molecular flexibility index (Phi) is 5.48. The molecule has 0 spiro atoms. The van der Waals surface area contributed by atoms with E-state index in [1.54, 1.807) is 22.9 Å². The number of carbonyl (C=O) groups excluding carboxylic acids is 1. The van der Waals surface area contributed by atoms with Crippen molar-refractivity contribution >= 4 is 17.5 Å². The molecule has 3 rings (SSSR count). The highest BCUT2D eigenvalue weighted by Crippen LogP contribution is 2.23. The van der Waals surface area contributed by atoms with E-state index in [1.165, 1.54) is 0 Å². The number of halogens is 1. The first-order valence-electron chi connectivity index (χ1n) is 7.99. The van der Waals surface area contributed by atoms with E-state index in [4.69, 9.17) is 16.7 Å². The fourth-order valence-electron chi connectivity index (χ4n) is 2.44. The minimum absolute atomic E-state index is 0.0360. The Morgan fingerprint density at radius 1 is 1.12 bits per heavy atom. The van der Waals surface area contributed by atoms with E-state index in [1.807, 2.05) is 42.5 Å². The van der Waals surface area contributed by atoms with Crippen molar-refractivity contribution < 1.29 is 9.90 Å². The first kappa shape index (κ1) is 17.2. The summed E-state index contributed by atoms with van der Waals surface area (Å²) in [4.78, 5) is 12.5. The summed E-state index contributed by atoms with van der Waals surface area (Å²) in [7, 11) is 0. The number of hydrogen-bond donors (Lipinski definition) is 2. The highest BCUT2D eigenvalue weighted by atomic mass is 35.5. The monoisotopic (exact) mass is 355 g/mol. The van der Waals surface area contributed by atoms with Gasteiger partial charge in [0.25, 0.3) is 5.91 Å². The van der Waals surface area contributed by atoms with Crippen molar-refractivity contribution in [3.63, 3.8) is 0 Å². The molecule has 0 radical (unpaired) electrons. The second kappa shape index (κ2) is 7.96. The molecule has 3 aromatic rings. The normalized spacial score (nSPS) is 10.6. The lowest BCUT2D eigenvalue weighted by Gasteiger charge is -2.07. The number of aromatic nitrogens is 2. The van der Waals surface area contributed by atoms with Crippen LogP contribution in [0, 0.1) is 0 Å². The molecular formula is C19H18ClN3O2. The average molecular weight is 356 g/mol. The quantitative estimate of drug-likeness (QED) is 0.667. The second-order valence-corrected chi connectivity index (χ2v) is 5.94. The van der Waals surface area contributed by atoms with E-state index in [2.05, 4.69) is 10.4 Å². The molecule has 1 aromatic heterocycles. The van der Waals surface area contributed by atoms with Crippen LogP contribution in [0.3, 0.4) is 0 Å². The third kappa shape index (κ3) is 4.07. The highest BCUT2D eigenvalue weighted by molar-refractivity contribution is 6.30. The molecule has 0 unspecified atom stereocenters. The van der Waals surface area contributed by atoms with Crippen LogP contribution in [0.4, 0.5) is 0 Å². The Hall–Kier alpha value is -2.63. The Morgan fingerprint density at radius 2 is 1.84 bits per heavy atom. The molecule has 6 heteroatoms. The summed E-state index contributed by atoms with van der Waals surface area (Å²) >= 11 is 5.94. The van der Waals surface area contributed by atoms with Gasteiger partial charge in [0.1, 0.15) is 5.69 Å². The number of amides is 1. The second-order valence-electron chi connectivity index (χ2n) is 5.50. The molecule has 0 bridgehead atoms. The maximum Gasteiger partial charge on any atom is 0.270 e. The van der Waals surface area contributed by atoms with Gasteiger partial charge in [-0.2, -0.15) is 5.10 Å². The van der Waals surface area contributed by atoms with Gasteiger partial charge < -0.3 is 10.4 Å². The minimum atomic E-state index is -0.231. The predicted octanol–water partition coefficient (Wildman–Crippen LogP) is 3.30. The topological polar surface area (TPSA) is 67.2 Å². The number of benzene rings is 2. The van der Waals surface area contributed by atoms with Crippen LogP contribution in [0.1, 0.15) is 16.9 Å². The summed E-state index contributed by atoms with van der Waals surface area (Å²) in [6, 6.07) is 18.6. The smallest absolute Gasteiger partial charge is 0.270 e. The maximum atomic E-state index is 12.5. The summed E-state index contributed by atoms with van der Waals surface area (Å²) in [5.41, 5.74) is 2.81. The number of nitrogens with one attached hydrogen (secondary N) is 1. The van der Waals surface area contributed by atoms with Gasteiger partial charge in [-0.1, -0.05) is 41.9 Å². The van der Waals surface area contributed by atoms with E-state index in [9.17, 15) is 4.79 Å². The Bertz CT molecular complexity index is 845. The molecule has 1 amide bonds. The predicted molar refractivity (Wildman–Crippen MR) is 98.0 cm³/mol. The number of aliphatic hydroxyl groups is 1. The van der Waals surface area contributed by atoms with E-state index < -0.39 is 0 Å². The number of aliphatic hydroxyl groups excluding tert-OH is 1. The fourth-order valence-corrected chi connectivity index (χ4v) is 2.57. The number of hydrogen-bond acceptors (Lipinski definition) is 3. The van der Waals surface area contributed by atoms with Crippen molar-refractivity contribution in [3.05, 3.63) is 71.4 Å². The molecule has 1 heterocycles. The first-order valence-corrected chi connectivity index (χ1v) is 8.37. The van der Waals surface area contributed by atoms with Crippen LogP contribution >= 0.6 is 11.6 Å². The van der Waals surface area contributed by atoms with Crippen LogP contribution in [-0.2, 0) is 0 Å². The molecular weight excluding hydrogens is 338 g/mol. The van der Waals surface area contributed by atoms with Gasteiger partial charge in [0.05, 0.1) is 11.4 Å². The van der Waals surface area contributed by atoms with Gasteiger partial charge in [-0.25, -0.2) is 4.68 Å². The summed E-state index contributed by atoms with van der Waals surface area (Å²) in [6.07, 6.45) is 0.509. The number of nitrogens with zero attached hydrogens (tertiary/aromatic N) is 2. The van der Waals surface area contributed by atoms with Gasteiger partial charge >= 0.3 is 0 Å². The van der Waals surface area contributed by atoms with E-state index in [0.29, 0.717) is 29.4 Å². The third-order valence-corrected chi connectivity index (χ3v) is 3.96. The lowest BCUT2D eigenvalue weighted by molar-refractivity contribution is 0.0943. The average Bonchev–Trinajstić information content (AvgIpc) is 3.09. The van der Waals surface area contributed by atoms with Gasteiger partial charge in [0.2, 0.25) is 0 Å². The Labute approximate surface area is 150 Å². The van der Waals surface area contributed by atoms with Gasteiger partial charge in [0, 0.05) is 23.7 Å². The van der Waals surface area contributed by atoms with E-state index >= 15 is 0 Å². The standard InChI is InChI=1S/C19H18ClN3O2/c20-15-9-7-14(8-10-15)17-13-18(19(25)21-11-4-12-24)23(22-17)16-5-2-1-3-6-16/h1-3,5-10,13,24H,4,11-12H2,(H,21,25). The van der Waals surface area contributed by atoms with Crippen LogP contribution in [0.5, 0.6) is 0 Å². The summed E-state index contributed by atoms with van der Waals surface area (Å²) in [5.74, 6) is -0.231. The lowest BCUT2D eigenvalue weighted by Crippen LogP contribution is -2.27. The zero-order valence-corrected chi connectivity index (χ0v) is 14.3. The third-order valence-electron chi connectivity index (χ3n) is 3.70. The molecule has 0 aliphatic rings. The van der Waals surface area contributed by atoms with Crippen LogP contribution in [0.2, 0.25) is 5.02 Å². The maximum absolute atomic E-state index is 12.5. The SMILES string of the molecule is O=C(NCCCO)c1cc(-c2ccc(Cl)cc2)nn1-c1ccccc1. The van der Waals surface area contributed by atoms with E-state index in [0.717, 1.165) is 11.3 Å². The Balaban J connectivity index is 1.99. The molecule has 2 aromatic carbocycles. The van der Waals surface area contributed by atoms with Crippen molar-refractivity contribution in [2.24, 2.45) is 0 Å². The van der Waals surface area contributed by atoms with Crippen molar-refractivity contribution in [1.82, 2.24) is 15.1 Å². The van der Waals surface area contributed by atoms with Crippen LogP contribution in [-0.4, -0.2) is 33.9 Å². The van der Waals surface area contributed by atoms with Gasteiger partial charge in [-0.15, -0.1) is 0 Å². The van der Waals surface area contributed by atoms with Crippen molar-refractivity contribution in [2.75, 3.05) is 13.2 Å².